The summed E-state index contributed by atoms with van der Waals surface area (Å²) in [6.45, 7) is 1.91. The normalized spacial score (nSPS) is 23.3. The maximum Gasteiger partial charge on any atom is 0.418 e. The molecule has 26 heavy (non-hydrogen) atoms. The SMILES string of the molecule is CN(C)c1ccc(NC(=O)N2CCOC3(CCOC3)C2)c(C(F)(F)F)c1. The fourth-order valence-corrected chi connectivity index (χ4v) is 3.19. The van der Waals surface area contributed by atoms with Crippen LogP contribution in [-0.2, 0) is 15.7 Å². The summed E-state index contributed by atoms with van der Waals surface area (Å²) in [6, 6.07) is 3.28. The third kappa shape index (κ3) is 3.88. The molecule has 144 valence electrons. The fourth-order valence-electron chi connectivity index (χ4n) is 3.19. The van der Waals surface area contributed by atoms with E-state index in [-0.39, 0.29) is 5.69 Å². The summed E-state index contributed by atoms with van der Waals surface area (Å²) in [5, 5.41) is 2.41. The van der Waals surface area contributed by atoms with Crippen LogP contribution >= 0.6 is 0 Å². The first-order valence-electron chi connectivity index (χ1n) is 8.36. The first-order chi connectivity index (χ1) is 12.2. The molecule has 3 rings (SSSR count). The van der Waals surface area contributed by atoms with Crippen molar-refractivity contribution in [2.24, 2.45) is 0 Å². The molecule has 0 saturated carbocycles. The largest absolute Gasteiger partial charge is 0.418 e. The Morgan fingerprint density at radius 2 is 2.08 bits per heavy atom. The van der Waals surface area contributed by atoms with Gasteiger partial charge in [-0.2, -0.15) is 13.2 Å². The van der Waals surface area contributed by atoms with Crippen LogP contribution in [-0.4, -0.2) is 63.5 Å². The molecule has 0 bridgehead atoms. The van der Waals surface area contributed by atoms with E-state index in [1.165, 1.54) is 17.0 Å². The molecule has 2 amide bonds. The highest BCUT2D eigenvalue weighted by molar-refractivity contribution is 5.90. The number of halogens is 3. The number of rotatable bonds is 2. The number of alkyl halides is 3. The van der Waals surface area contributed by atoms with Gasteiger partial charge in [0.1, 0.15) is 5.60 Å². The van der Waals surface area contributed by atoms with Gasteiger partial charge in [-0.05, 0) is 18.2 Å². The van der Waals surface area contributed by atoms with Crippen LogP contribution in [0.15, 0.2) is 18.2 Å². The van der Waals surface area contributed by atoms with Crippen molar-refractivity contribution in [2.75, 3.05) is 57.2 Å². The topological polar surface area (TPSA) is 54.0 Å². The van der Waals surface area contributed by atoms with Gasteiger partial charge in [-0.1, -0.05) is 0 Å². The van der Waals surface area contributed by atoms with Crippen molar-refractivity contribution in [3.05, 3.63) is 23.8 Å². The highest BCUT2D eigenvalue weighted by Gasteiger charge is 2.42. The minimum atomic E-state index is -4.57. The predicted octanol–water partition coefficient (Wildman–Crippen LogP) is 2.79. The molecule has 2 saturated heterocycles. The maximum absolute atomic E-state index is 13.4. The lowest BCUT2D eigenvalue weighted by molar-refractivity contribution is -0.136. The Morgan fingerprint density at radius 3 is 2.69 bits per heavy atom. The summed E-state index contributed by atoms with van der Waals surface area (Å²) in [6.07, 6.45) is -3.90. The Hall–Kier alpha value is -2.00. The average molecular weight is 373 g/mol. The van der Waals surface area contributed by atoms with Crippen LogP contribution < -0.4 is 10.2 Å². The number of nitrogens with zero attached hydrogens (tertiary/aromatic N) is 2. The van der Waals surface area contributed by atoms with Gasteiger partial charge >= 0.3 is 12.2 Å². The van der Waals surface area contributed by atoms with E-state index in [2.05, 4.69) is 5.32 Å². The predicted molar refractivity (Wildman–Crippen MR) is 90.5 cm³/mol. The van der Waals surface area contributed by atoms with Gasteiger partial charge in [0.15, 0.2) is 0 Å². The van der Waals surface area contributed by atoms with Gasteiger partial charge in [0.2, 0.25) is 0 Å². The lowest BCUT2D eigenvalue weighted by Crippen LogP contribution is -2.55. The number of hydrogen-bond acceptors (Lipinski definition) is 4. The quantitative estimate of drug-likeness (QED) is 0.866. The van der Waals surface area contributed by atoms with E-state index in [4.69, 9.17) is 9.47 Å². The molecule has 1 spiro atoms. The number of nitrogens with one attached hydrogen (secondary N) is 1. The van der Waals surface area contributed by atoms with Crippen molar-refractivity contribution in [1.29, 1.82) is 0 Å². The second-order valence-corrected chi connectivity index (χ2v) is 6.81. The van der Waals surface area contributed by atoms with Crippen molar-refractivity contribution < 1.29 is 27.4 Å². The molecule has 1 N–H and O–H groups in total. The number of ether oxygens (including phenoxy) is 2. The summed E-state index contributed by atoms with van der Waals surface area (Å²) in [5.74, 6) is 0. The van der Waals surface area contributed by atoms with Crippen LogP contribution in [0, 0.1) is 0 Å². The number of amides is 2. The van der Waals surface area contributed by atoms with Crippen molar-refractivity contribution in [2.45, 2.75) is 18.2 Å². The molecule has 0 aromatic heterocycles. The molecule has 0 aliphatic carbocycles. The number of carbonyl (C=O) groups excluding carboxylic acids is 1. The molecular formula is C17H22F3N3O3. The number of benzene rings is 1. The van der Waals surface area contributed by atoms with Crippen LogP contribution in [0.4, 0.5) is 29.3 Å². The zero-order chi connectivity index (χ0) is 18.9. The Bertz CT molecular complexity index is 673. The van der Waals surface area contributed by atoms with Crippen LogP contribution in [0.5, 0.6) is 0 Å². The minimum Gasteiger partial charge on any atom is -0.378 e. The second-order valence-electron chi connectivity index (χ2n) is 6.81. The second kappa shape index (κ2) is 6.96. The Morgan fingerprint density at radius 1 is 1.31 bits per heavy atom. The average Bonchev–Trinajstić information content (AvgIpc) is 3.01. The number of morpholine rings is 1. The van der Waals surface area contributed by atoms with Gasteiger partial charge in [0.05, 0.1) is 31.0 Å². The first-order valence-corrected chi connectivity index (χ1v) is 8.36. The van der Waals surface area contributed by atoms with Crippen molar-refractivity contribution in [3.63, 3.8) is 0 Å². The van der Waals surface area contributed by atoms with Crippen LogP contribution in [0.1, 0.15) is 12.0 Å². The lowest BCUT2D eigenvalue weighted by atomic mass is 10.0. The summed E-state index contributed by atoms with van der Waals surface area (Å²) in [5.41, 5.74) is -1.26. The third-order valence-corrected chi connectivity index (χ3v) is 4.67. The molecule has 2 aliphatic rings. The van der Waals surface area contributed by atoms with E-state index in [9.17, 15) is 18.0 Å². The Kier molecular flexibility index (Phi) is 5.03. The van der Waals surface area contributed by atoms with Gasteiger partial charge in [0, 0.05) is 39.4 Å². The highest BCUT2D eigenvalue weighted by atomic mass is 19.4. The number of carbonyl (C=O) groups is 1. The van der Waals surface area contributed by atoms with E-state index in [1.807, 2.05) is 0 Å². The van der Waals surface area contributed by atoms with E-state index in [0.717, 1.165) is 6.07 Å². The minimum absolute atomic E-state index is 0.253. The maximum atomic E-state index is 13.4. The van der Waals surface area contributed by atoms with Gasteiger partial charge in [-0.15, -0.1) is 0 Å². The van der Waals surface area contributed by atoms with E-state index >= 15 is 0 Å². The molecule has 1 atom stereocenters. The van der Waals surface area contributed by atoms with Crippen molar-refractivity contribution in [3.8, 4) is 0 Å². The standard InChI is InChI=1S/C17H22F3N3O3/c1-22(2)12-3-4-14(13(9-12)17(18,19)20)21-15(24)23-6-8-26-16(10-23)5-7-25-11-16/h3-4,9H,5-8,10-11H2,1-2H3,(H,21,24). The molecule has 6 nitrogen and oxygen atoms in total. The number of anilines is 2. The van der Waals surface area contributed by atoms with Crippen molar-refractivity contribution in [1.82, 2.24) is 4.90 Å². The Labute approximate surface area is 149 Å². The molecule has 1 unspecified atom stereocenters. The van der Waals surface area contributed by atoms with E-state index in [1.54, 1.807) is 19.0 Å². The molecule has 1 aromatic carbocycles. The van der Waals surface area contributed by atoms with Crippen LogP contribution in [0.3, 0.4) is 0 Å². The summed E-state index contributed by atoms with van der Waals surface area (Å²) < 4.78 is 51.3. The number of hydrogen-bond donors (Lipinski definition) is 1. The molecular weight excluding hydrogens is 351 g/mol. The highest BCUT2D eigenvalue weighted by Crippen LogP contribution is 2.37. The van der Waals surface area contributed by atoms with E-state index < -0.39 is 23.4 Å². The van der Waals surface area contributed by atoms with Gasteiger partial charge in [-0.3, -0.25) is 0 Å². The molecule has 2 heterocycles. The van der Waals surface area contributed by atoms with Gasteiger partial charge < -0.3 is 24.6 Å². The summed E-state index contributed by atoms with van der Waals surface area (Å²) in [7, 11) is 3.31. The molecule has 0 radical (unpaired) electrons. The van der Waals surface area contributed by atoms with Crippen LogP contribution in [0.2, 0.25) is 0 Å². The summed E-state index contributed by atoms with van der Waals surface area (Å²) >= 11 is 0. The van der Waals surface area contributed by atoms with Gasteiger partial charge in [0.25, 0.3) is 0 Å². The fraction of sp³-hybridized carbons (Fsp3) is 0.588. The number of urea groups is 1. The van der Waals surface area contributed by atoms with Gasteiger partial charge in [-0.25, -0.2) is 4.79 Å². The molecule has 2 fully saturated rings. The monoisotopic (exact) mass is 373 g/mol. The van der Waals surface area contributed by atoms with Crippen molar-refractivity contribution >= 4 is 17.4 Å². The molecule has 1 aromatic rings. The third-order valence-electron chi connectivity index (χ3n) is 4.67. The zero-order valence-corrected chi connectivity index (χ0v) is 14.7. The Balaban J connectivity index is 1.78. The summed E-state index contributed by atoms with van der Waals surface area (Å²) in [4.78, 5) is 15.6. The van der Waals surface area contributed by atoms with E-state index in [0.29, 0.717) is 45.0 Å². The lowest BCUT2D eigenvalue weighted by Gasteiger charge is -2.39. The first kappa shape index (κ1) is 18.8. The molecule has 9 heteroatoms. The van der Waals surface area contributed by atoms with Crippen LogP contribution in [0.25, 0.3) is 0 Å². The molecule has 2 aliphatic heterocycles. The zero-order valence-electron chi connectivity index (χ0n) is 14.7. The smallest absolute Gasteiger partial charge is 0.378 e.